The highest BCUT2D eigenvalue weighted by Crippen LogP contribution is 2.03. The van der Waals surface area contributed by atoms with Crippen LogP contribution in [0.4, 0.5) is 0 Å². The fourth-order valence-electron chi connectivity index (χ4n) is 0.879. The molecule has 0 aliphatic heterocycles. The maximum atomic E-state index is 3.88. The van der Waals surface area contributed by atoms with Crippen molar-refractivity contribution in [1.82, 2.24) is 0 Å². The van der Waals surface area contributed by atoms with Crippen molar-refractivity contribution in [2.75, 3.05) is 0 Å². The van der Waals surface area contributed by atoms with Crippen LogP contribution < -0.4 is 0 Å². The molecule has 0 atom stereocenters. The number of rotatable bonds is 0. The topological polar surface area (TPSA) is 0 Å². The summed E-state index contributed by atoms with van der Waals surface area (Å²) in [6.45, 7) is 3.88. The third kappa shape index (κ3) is 3.54. The first kappa shape index (κ1) is 7.96. The molecule has 0 amide bonds. The first-order chi connectivity index (χ1) is 5.39. The summed E-state index contributed by atoms with van der Waals surface area (Å²) in [7, 11) is 0. The number of hydrogen-bond donors (Lipinski definition) is 0. The van der Waals surface area contributed by atoms with Crippen molar-refractivity contribution in [2.24, 2.45) is 0 Å². The zero-order valence-corrected chi connectivity index (χ0v) is 6.74. The van der Waals surface area contributed by atoms with Crippen molar-refractivity contribution in [3.8, 4) is 23.7 Å². The molecule has 0 fully saturated rings. The molecule has 0 heterocycles. The van der Waals surface area contributed by atoms with E-state index >= 15 is 0 Å². The van der Waals surface area contributed by atoms with Crippen LogP contribution in [0.2, 0.25) is 0 Å². The molecule has 0 heteroatoms. The third-order valence-electron chi connectivity index (χ3n) is 1.53. The Kier molecular flexibility index (Phi) is 3.36. The van der Waals surface area contributed by atoms with Crippen LogP contribution in [0.1, 0.15) is 32.1 Å². The number of allylic oxidation sites excluding steroid dienone is 1. The average molecular weight is 144 g/mol. The minimum atomic E-state index is 0.828. The Morgan fingerprint density at radius 1 is 0.909 bits per heavy atom. The summed E-state index contributed by atoms with van der Waals surface area (Å²) in [6, 6.07) is 0. The SMILES string of the molecule is C=C1CC#CCCCC#CC1. The van der Waals surface area contributed by atoms with Gasteiger partial charge in [-0.25, -0.2) is 0 Å². The van der Waals surface area contributed by atoms with E-state index in [-0.39, 0.29) is 0 Å². The van der Waals surface area contributed by atoms with Crippen molar-refractivity contribution in [2.45, 2.75) is 32.1 Å². The molecule has 0 aromatic heterocycles. The molecular weight excluding hydrogens is 132 g/mol. The van der Waals surface area contributed by atoms with Gasteiger partial charge >= 0.3 is 0 Å². The van der Waals surface area contributed by atoms with Gasteiger partial charge in [-0.3, -0.25) is 0 Å². The van der Waals surface area contributed by atoms with E-state index in [0.29, 0.717) is 0 Å². The van der Waals surface area contributed by atoms with Crippen LogP contribution in [0.5, 0.6) is 0 Å². The van der Waals surface area contributed by atoms with Crippen molar-refractivity contribution in [1.29, 1.82) is 0 Å². The van der Waals surface area contributed by atoms with Crippen LogP contribution >= 0.6 is 0 Å². The smallest absolute Gasteiger partial charge is 0.0306 e. The van der Waals surface area contributed by atoms with Crippen LogP contribution in [0, 0.1) is 23.7 Å². The van der Waals surface area contributed by atoms with Gasteiger partial charge in [-0.1, -0.05) is 24.0 Å². The van der Waals surface area contributed by atoms with Crippen LogP contribution in [0.3, 0.4) is 0 Å². The van der Waals surface area contributed by atoms with Gasteiger partial charge in [0.25, 0.3) is 0 Å². The summed E-state index contributed by atoms with van der Waals surface area (Å²) in [5.41, 5.74) is 1.15. The second-order valence-corrected chi connectivity index (χ2v) is 2.66. The monoisotopic (exact) mass is 144 g/mol. The van der Waals surface area contributed by atoms with E-state index in [0.717, 1.165) is 37.7 Å². The summed E-state index contributed by atoms with van der Waals surface area (Å²) < 4.78 is 0. The Morgan fingerprint density at radius 2 is 1.45 bits per heavy atom. The molecule has 0 saturated carbocycles. The van der Waals surface area contributed by atoms with Gasteiger partial charge < -0.3 is 0 Å². The Balaban J connectivity index is 2.49. The zero-order valence-electron chi connectivity index (χ0n) is 6.74. The largest absolute Gasteiger partial charge is 0.103 e. The molecule has 56 valence electrons. The van der Waals surface area contributed by atoms with Crippen LogP contribution in [0.25, 0.3) is 0 Å². The summed E-state index contributed by atoms with van der Waals surface area (Å²) in [4.78, 5) is 0. The van der Waals surface area contributed by atoms with Gasteiger partial charge in [-0.2, -0.15) is 0 Å². The van der Waals surface area contributed by atoms with Gasteiger partial charge in [0.05, 0.1) is 0 Å². The lowest BCUT2D eigenvalue weighted by atomic mass is 10.1. The highest BCUT2D eigenvalue weighted by atomic mass is 13.9. The predicted octanol–water partition coefficient (Wildman–Crippen LogP) is 2.51. The maximum Gasteiger partial charge on any atom is 0.0306 e. The van der Waals surface area contributed by atoms with Gasteiger partial charge in [0.2, 0.25) is 0 Å². The molecule has 0 unspecified atom stereocenters. The van der Waals surface area contributed by atoms with E-state index in [1.165, 1.54) is 0 Å². The van der Waals surface area contributed by atoms with Crippen LogP contribution in [-0.2, 0) is 0 Å². The highest BCUT2D eigenvalue weighted by Gasteiger charge is 1.88. The minimum Gasteiger partial charge on any atom is -0.103 e. The molecule has 0 nitrogen and oxygen atoms in total. The standard InChI is InChI=1S/C11H12/c1-11-9-7-5-3-2-4-6-8-10-11/h1-4,9-10H2. The molecular formula is C11H12. The molecule has 1 rings (SSSR count). The van der Waals surface area contributed by atoms with Gasteiger partial charge in [-0.15, -0.1) is 11.8 Å². The zero-order chi connectivity index (χ0) is 7.94. The Bertz CT molecular complexity index is 223. The number of hydrogen-bond acceptors (Lipinski definition) is 0. The van der Waals surface area contributed by atoms with Gasteiger partial charge in [0.15, 0.2) is 0 Å². The van der Waals surface area contributed by atoms with E-state index in [1.807, 2.05) is 0 Å². The third-order valence-corrected chi connectivity index (χ3v) is 1.53. The van der Waals surface area contributed by atoms with E-state index in [1.54, 1.807) is 0 Å². The van der Waals surface area contributed by atoms with E-state index in [9.17, 15) is 0 Å². The molecule has 0 saturated heterocycles. The van der Waals surface area contributed by atoms with Gasteiger partial charge in [0, 0.05) is 25.7 Å². The van der Waals surface area contributed by atoms with Crippen LogP contribution in [-0.4, -0.2) is 0 Å². The second-order valence-electron chi connectivity index (χ2n) is 2.66. The molecule has 0 bridgehead atoms. The van der Waals surface area contributed by atoms with E-state index in [4.69, 9.17) is 0 Å². The molecule has 0 aromatic rings. The Labute approximate surface area is 68.7 Å². The van der Waals surface area contributed by atoms with Crippen molar-refractivity contribution in [3.05, 3.63) is 12.2 Å². The second kappa shape index (κ2) is 4.64. The summed E-state index contributed by atoms with van der Waals surface area (Å²) in [6.07, 6.45) is 4.75. The lowest BCUT2D eigenvalue weighted by Gasteiger charge is -1.94. The Morgan fingerprint density at radius 3 is 2.00 bits per heavy atom. The Hall–Kier alpha value is -1.14. The first-order valence-electron chi connectivity index (χ1n) is 3.97. The normalized spacial score (nSPS) is 17.3. The lowest BCUT2D eigenvalue weighted by molar-refractivity contribution is 0.899. The van der Waals surface area contributed by atoms with Crippen molar-refractivity contribution >= 4 is 0 Å². The molecule has 0 N–H and O–H groups in total. The molecule has 1 aliphatic rings. The quantitative estimate of drug-likeness (QED) is 0.362. The molecule has 0 aromatic carbocycles. The van der Waals surface area contributed by atoms with E-state index in [2.05, 4.69) is 30.3 Å². The van der Waals surface area contributed by atoms with Crippen LogP contribution in [0.15, 0.2) is 12.2 Å². The molecule has 11 heavy (non-hydrogen) atoms. The molecule has 0 radical (unpaired) electrons. The van der Waals surface area contributed by atoms with Gasteiger partial charge in [0.1, 0.15) is 0 Å². The lowest BCUT2D eigenvalue weighted by Crippen LogP contribution is -1.79. The predicted molar refractivity (Wildman–Crippen MR) is 47.8 cm³/mol. The van der Waals surface area contributed by atoms with Gasteiger partial charge in [-0.05, 0) is 6.42 Å². The summed E-state index contributed by atoms with van der Waals surface area (Å²) >= 11 is 0. The molecule has 0 spiro atoms. The van der Waals surface area contributed by atoms with Crippen molar-refractivity contribution in [3.63, 3.8) is 0 Å². The van der Waals surface area contributed by atoms with E-state index < -0.39 is 0 Å². The summed E-state index contributed by atoms with van der Waals surface area (Å²) in [5.74, 6) is 12.4. The fourth-order valence-corrected chi connectivity index (χ4v) is 0.879. The maximum absolute atomic E-state index is 3.88. The summed E-state index contributed by atoms with van der Waals surface area (Å²) in [5, 5.41) is 0. The highest BCUT2D eigenvalue weighted by molar-refractivity contribution is 5.18. The molecule has 1 aliphatic carbocycles. The minimum absolute atomic E-state index is 0.828. The fraction of sp³-hybridized carbons (Fsp3) is 0.455. The van der Waals surface area contributed by atoms with Crippen molar-refractivity contribution < 1.29 is 0 Å². The first-order valence-corrected chi connectivity index (χ1v) is 3.97. The average Bonchev–Trinajstić information content (AvgIpc) is 2.03.